The van der Waals surface area contributed by atoms with Crippen molar-refractivity contribution >= 4 is 38.6 Å². The molecule has 0 amide bonds. The summed E-state index contributed by atoms with van der Waals surface area (Å²) in [4.78, 5) is 12.8. The molecule has 2 heterocycles. The molecule has 12 heteroatoms. The molecule has 0 saturated heterocycles. The van der Waals surface area contributed by atoms with Gasteiger partial charge in [-0.25, -0.2) is 17.5 Å². The Morgan fingerprint density at radius 3 is 2.76 bits per heavy atom. The van der Waals surface area contributed by atoms with Gasteiger partial charge in [0.05, 0.1) is 30.1 Å². The lowest BCUT2D eigenvalue weighted by molar-refractivity contribution is -0.143. The Hall–Kier alpha value is -3.54. The zero-order valence-electron chi connectivity index (χ0n) is 25.8. The lowest BCUT2D eigenvalue weighted by Gasteiger charge is -2.26. The van der Waals surface area contributed by atoms with Gasteiger partial charge in [-0.3, -0.25) is 4.79 Å². The van der Waals surface area contributed by atoms with Crippen molar-refractivity contribution in [3.8, 4) is 5.75 Å². The highest BCUT2D eigenvalue weighted by Crippen LogP contribution is 2.40. The van der Waals surface area contributed by atoms with Crippen LogP contribution < -0.4 is 4.74 Å². The molecule has 0 N–H and O–H groups in total. The molecule has 0 fully saturated rings. The van der Waals surface area contributed by atoms with Crippen LogP contribution in [0.4, 0.5) is 4.39 Å². The molecule has 238 valence electrons. The number of hydrogen-bond acceptors (Lipinski definition) is 7. The molecule has 1 aliphatic carbocycles. The lowest BCUT2D eigenvalue weighted by atomic mass is 9.83. The Labute approximate surface area is 267 Å². The van der Waals surface area contributed by atoms with E-state index in [-0.39, 0.29) is 53.7 Å². The number of sulfonamides is 1. The van der Waals surface area contributed by atoms with E-state index in [4.69, 9.17) is 21.1 Å². The van der Waals surface area contributed by atoms with E-state index in [1.807, 2.05) is 39.1 Å². The fourth-order valence-corrected chi connectivity index (χ4v) is 8.43. The van der Waals surface area contributed by atoms with Crippen LogP contribution in [-0.4, -0.2) is 52.9 Å². The van der Waals surface area contributed by atoms with Crippen molar-refractivity contribution < 1.29 is 27.1 Å². The number of aromatic nitrogens is 3. The molecular formula is C33H36ClFN4O5S. The minimum absolute atomic E-state index is 0.0328. The maximum Gasteiger partial charge on any atom is 0.306 e. The Morgan fingerprint density at radius 2 is 2.00 bits per heavy atom. The molecule has 45 heavy (non-hydrogen) atoms. The van der Waals surface area contributed by atoms with Crippen molar-refractivity contribution in [1.82, 2.24) is 19.3 Å². The fourth-order valence-electron chi connectivity index (χ4n) is 6.62. The molecule has 3 aromatic carbocycles. The standard InChI is InChI=1S/C33H36ClFN4O5S/c1-5-23-18-39(45(41,42)31-15-27(34)28(35)16-30(31)44-23)17-22-13-21(12-20-8-7-9-25(20)22)26(14-32(40)43-6-2)24-10-11-29-33(19(24)3)36-37-38(29)4/h10-13,15-16,23,26H,5-9,14,17-18H2,1-4H3/t23-,26?/m1/s1. The highest BCUT2D eigenvalue weighted by atomic mass is 35.5. The first kappa shape index (κ1) is 31.4. The zero-order chi connectivity index (χ0) is 32.0. The number of aryl methyl sites for hydroxylation is 3. The van der Waals surface area contributed by atoms with Gasteiger partial charge < -0.3 is 9.47 Å². The SMILES string of the molecule is CCOC(=O)CC(c1cc2c(c(CN3C[C@@H](CC)Oc4cc(F)c(Cl)cc4S3(=O)=O)c1)CCC2)c1ccc2c(nnn2C)c1C. The summed E-state index contributed by atoms with van der Waals surface area (Å²) in [5.41, 5.74) is 7.58. The number of rotatable bonds is 8. The topological polar surface area (TPSA) is 104 Å². The molecule has 2 aliphatic rings. The molecule has 1 aromatic heterocycles. The van der Waals surface area contributed by atoms with Crippen LogP contribution in [0.1, 0.15) is 72.4 Å². The summed E-state index contributed by atoms with van der Waals surface area (Å²) >= 11 is 6.05. The molecule has 0 radical (unpaired) electrons. The summed E-state index contributed by atoms with van der Waals surface area (Å²) in [5.74, 6) is -1.44. The van der Waals surface area contributed by atoms with Crippen LogP contribution in [0.5, 0.6) is 5.75 Å². The van der Waals surface area contributed by atoms with Crippen molar-refractivity contribution in [3.63, 3.8) is 0 Å². The van der Waals surface area contributed by atoms with Crippen LogP contribution in [0.25, 0.3) is 11.0 Å². The molecule has 0 spiro atoms. The van der Waals surface area contributed by atoms with E-state index in [1.54, 1.807) is 11.6 Å². The van der Waals surface area contributed by atoms with Crippen molar-refractivity contribution in [2.24, 2.45) is 7.05 Å². The Bertz CT molecular complexity index is 1910. The zero-order valence-corrected chi connectivity index (χ0v) is 27.3. The van der Waals surface area contributed by atoms with E-state index in [1.165, 1.54) is 4.31 Å². The Kier molecular flexibility index (Phi) is 8.62. The number of ether oxygens (including phenoxy) is 2. The van der Waals surface area contributed by atoms with Crippen LogP contribution in [0, 0.1) is 12.7 Å². The predicted molar refractivity (Wildman–Crippen MR) is 169 cm³/mol. The van der Waals surface area contributed by atoms with Crippen molar-refractivity contribution in [1.29, 1.82) is 0 Å². The van der Waals surface area contributed by atoms with Crippen molar-refractivity contribution in [3.05, 3.63) is 80.6 Å². The number of carbonyl (C=O) groups is 1. The van der Waals surface area contributed by atoms with Gasteiger partial charge in [0.2, 0.25) is 10.0 Å². The number of fused-ring (bicyclic) bond motifs is 3. The van der Waals surface area contributed by atoms with Gasteiger partial charge >= 0.3 is 5.97 Å². The second-order valence-electron chi connectivity index (χ2n) is 11.8. The van der Waals surface area contributed by atoms with Gasteiger partial charge in [0.25, 0.3) is 0 Å². The lowest BCUT2D eigenvalue weighted by Crippen LogP contribution is -2.36. The van der Waals surface area contributed by atoms with Crippen LogP contribution >= 0.6 is 11.6 Å². The fraction of sp³-hybridized carbons (Fsp3) is 0.424. The summed E-state index contributed by atoms with van der Waals surface area (Å²) in [6, 6.07) is 10.4. The number of hydrogen-bond donors (Lipinski definition) is 0. The average Bonchev–Trinajstić information content (AvgIpc) is 3.62. The first-order valence-electron chi connectivity index (χ1n) is 15.3. The Morgan fingerprint density at radius 1 is 1.20 bits per heavy atom. The molecule has 6 rings (SSSR count). The average molecular weight is 655 g/mol. The van der Waals surface area contributed by atoms with Crippen LogP contribution in [0.15, 0.2) is 41.3 Å². The van der Waals surface area contributed by atoms with Gasteiger partial charge in [-0.1, -0.05) is 41.9 Å². The van der Waals surface area contributed by atoms with Gasteiger partial charge in [-0.05, 0) is 85.0 Å². The largest absolute Gasteiger partial charge is 0.488 e. The van der Waals surface area contributed by atoms with E-state index in [2.05, 4.69) is 16.4 Å². The molecule has 1 aliphatic heterocycles. The summed E-state index contributed by atoms with van der Waals surface area (Å²) in [5, 5.41) is 8.27. The summed E-state index contributed by atoms with van der Waals surface area (Å²) in [6.45, 7) is 6.14. The number of carbonyl (C=O) groups excluding carboxylic acids is 1. The quantitative estimate of drug-likeness (QED) is 0.215. The second-order valence-corrected chi connectivity index (χ2v) is 14.1. The van der Waals surface area contributed by atoms with E-state index in [0.717, 1.165) is 75.8 Å². The van der Waals surface area contributed by atoms with Gasteiger partial charge in [0.15, 0.2) is 0 Å². The second kappa shape index (κ2) is 12.3. The van der Waals surface area contributed by atoms with Gasteiger partial charge in [-0.2, -0.15) is 4.31 Å². The smallest absolute Gasteiger partial charge is 0.306 e. The van der Waals surface area contributed by atoms with Gasteiger partial charge in [-0.15, -0.1) is 5.10 Å². The van der Waals surface area contributed by atoms with E-state index >= 15 is 0 Å². The normalized spacial score (nSPS) is 18.2. The minimum atomic E-state index is -4.09. The summed E-state index contributed by atoms with van der Waals surface area (Å²) < 4.78 is 57.0. The summed E-state index contributed by atoms with van der Waals surface area (Å²) in [7, 11) is -2.25. The number of esters is 1. The molecule has 9 nitrogen and oxygen atoms in total. The van der Waals surface area contributed by atoms with E-state index in [9.17, 15) is 17.6 Å². The van der Waals surface area contributed by atoms with E-state index < -0.39 is 21.9 Å². The molecule has 1 unspecified atom stereocenters. The van der Waals surface area contributed by atoms with Crippen molar-refractivity contribution in [2.75, 3.05) is 13.2 Å². The Balaban J connectivity index is 1.46. The molecule has 2 atom stereocenters. The third-order valence-corrected chi connectivity index (χ3v) is 11.1. The molecule has 0 saturated carbocycles. The minimum Gasteiger partial charge on any atom is -0.488 e. The van der Waals surface area contributed by atoms with Crippen LogP contribution in [-0.2, 0) is 46.0 Å². The van der Waals surface area contributed by atoms with E-state index in [0.29, 0.717) is 6.42 Å². The van der Waals surface area contributed by atoms with Gasteiger partial charge in [0.1, 0.15) is 28.1 Å². The van der Waals surface area contributed by atoms with Crippen molar-refractivity contribution in [2.45, 2.75) is 76.3 Å². The van der Waals surface area contributed by atoms with Crippen LogP contribution in [0.3, 0.4) is 0 Å². The third-order valence-electron chi connectivity index (χ3n) is 8.97. The maximum atomic E-state index is 14.4. The summed E-state index contributed by atoms with van der Waals surface area (Å²) in [6.07, 6.45) is 2.80. The predicted octanol–water partition coefficient (Wildman–Crippen LogP) is 6.00. The number of nitrogens with zero attached hydrogens (tertiary/aromatic N) is 4. The maximum absolute atomic E-state index is 14.4. The number of benzene rings is 3. The monoisotopic (exact) mass is 654 g/mol. The molecule has 4 aromatic rings. The van der Waals surface area contributed by atoms with Gasteiger partial charge in [0, 0.05) is 25.6 Å². The molecule has 0 bridgehead atoms. The highest BCUT2D eigenvalue weighted by Gasteiger charge is 2.36. The number of halogens is 2. The molecular weight excluding hydrogens is 619 g/mol. The third kappa shape index (κ3) is 5.81. The first-order valence-corrected chi connectivity index (χ1v) is 17.1. The first-order chi connectivity index (χ1) is 21.5. The van der Waals surface area contributed by atoms with Crippen LogP contribution in [0.2, 0.25) is 5.02 Å². The highest BCUT2D eigenvalue weighted by molar-refractivity contribution is 7.89.